The molecule has 362 valence electrons. The molecule has 7 aromatic rings. The molecule has 8 rings (SSSR count). The third-order valence-corrected chi connectivity index (χ3v) is 13.8. The zero-order valence-electron chi connectivity index (χ0n) is 34.5. The van der Waals surface area contributed by atoms with Crippen molar-refractivity contribution in [1.29, 1.82) is 0 Å². The van der Waals surface area contributed by atoms with Gasteiger partial charge < -0.3 is 24.7 Å². The quantitative estimate of drug-likeness (QED) is 0.0162. The number of carbonyl (C=O) groups is 2. The molecule has 1 aliphatic carbocycles. The third-order valence-electron chi connectivity index (χ3n) is 10.2. The van der Waals surface area contributed by atoms with Crippen LogP contribution in [0, 0.1) is 0 Å². The maximum atomic E-state index is 14.6. The van der Waals surface area contributed by atoms with Crippen LogP contribution in [0.5, 0.6) is 5.75 Å². The summed E-state index contributed by atoms with van der Waals surface area (Å²) in [6.07, 6.45) is 0. The summed E-state index contributed by atoms with van der Waals surface area (Å²) >= 11 is -2.48. The Balaban J connectivity index is 1.29. The van der Waals surface area contributed by atoms with Gasteiger partial charge in [0, 0.05) is 29.1 Å². The van der Waals surface area contributed by atoms with E-state index in [1.807, 2.05) is 0 Å². The van der Waals surface area contributed by atoms with Crippen LogP contribution in [0.3, 0.4) is 0 Å². The highest BCUT2D eigenvalue weighted by Gasteiger charge is 2.35. The Morgan fingerprint density at radius 2 is 1.43 bits per heavy atom. The second-order valence-corrected chi connectivity index (χ2v) is 19.9. The fourth-order valence-corrected chi connectivity index (χ4v) is 9.96. The van der Waals surface area contributed by atoms with Crippen molar-refractivity contribution in [3.63, 3.8) is 0 Å². The number of benzene rings is 5. The minimum Gasteiger partial charge on any atom is -0.380 e. The standard InChI is InChI=1S/C39H27N7O19S5/c1-46-26-11-10-22(31-32(26)30(20-7-2-3-8-21(20)35(31)48)33(36(46)49)34(47)17-5-4-6-18(13-17)63-67(52)53)40-24-15-25(29(70(60,61)62)16-28(24)69(57,58)59)42-38-43-37(44-39(50)45-38)41-23-14-19(68(54,55)56)9-12-27(23)66-65-64-51/h2-16,40,51H,1H3,(H,52,53)(H,54,55,56)(H,57,58,59)(H,60,61,62)(H3,41,42,43,44,45,50). The van der Waals surface area contributed by atoms with Crippen LogP contribution < -0.4 is 31.4 Å². The van der Waals surface area contributed by atoms with Crippen molar-refractivity contribution in [3.8, 4) is 16.9 Å². The molecule has 0 spiro atoms. The van der Waals surface area contributed by atoms with E-state index in [2.05, 4.69) is 40.3 Å². The molecule has 9 N–H and O–H groups in total. The van der Waals surface area contributed by atoms with Gasteiger partial charge in [-0.05, 0) is 60.2 Å². The number of hydrogen-bond donors (Lipinski definition) is 9. The number of H-pyrrole nitrogens is 1. The van der Waals surface area contributed by atoms with Gasteiger partial charge in [0.25, 0.3) is 35.9 Å². The number of anilines is 6. The molecule has 1 atom stereocenters. The van der Waals surface area contributed by atoms with Crippen LogP contribution in [0.15, 0.2) is 120 Å². The van der Waals surface area contributed by atoms with Crippen LogP contribution in [-0.2, 0) is 58.1 Å². The van der Waals surface area contributed by atoms with Crippen LogP contribution in [0.1, 0.15) is 31.8 Å². The summed E-state index contributed by atoms with van der Waals surface area (Å²) < 4.78 is 137. The van der Waals surface area contributed by atoms with Crippen molar-refractivity contribution < 1.29 is 76.1 Å². The normalized spacial score (nSPS) is 12.9. The Labute approximate surface area is 398 Å². The molecule has 26 nitrogen and oxygen atoms in total. The van der Waals surface area contributed by atoms with Crippen molar-refractivity contribution in [2.75, 3.05) is 16.0 Å². The third kappa shape index (κ3) is 9.66. The molecule has 31 heteroatoms. The SMILES string of the molecule is Cn1c(=O)c(C(=O)c2cccc(OS(=O)O)c2)c2c3c(c(Nc4cc(Nc5nc(Nc6cc(S(=O)(=O)O)ccc6SOOO)nc(=O)[nH]5)c(S(=O)(=O)O)cc4S(=O)(=O)O)ccc31)C(=O)c1ccccc1-2. The van der Waals surface area contributed by atoms with E-state index in [0.717, 1.165) is 34.9 Å². The number of pyridine rings is 1. The number of aromatic nitrogens is 4. The van der Waals surface area contributed by atoms with Gasteiger partial charge in [0.2, 0.25) is 11.9 Å². The number of fused-ring (bicyclic) bond motifs is 2. The van der Waals surface area contributed by atoms with E-state index >= 15 is 0 Å². The van der Waals surface area contributed by atoms with Crippen LogP contribution in [0.25, 0.3) is 22.0 Å². The lowest BCUT2D eigenvalue weighted by Crippen LogP contribution is -2.29. The van der Waals surface area contributed by atoms with Gasteiger partial charge in [0.1, 0.15) is 15.5 Å². The lowest BCUT2D eigenvalue weighted by atomic mass is 9.80. The summed E-state index contributed by atoms with van der Waals surface area (Å²) in [4.78, 5) is 62.6. The fraction of sp³-hybridized carbons (Fsp3) is 0.0256. The summed E-state index contributed by atoms with van der Waals surface area (Å²) in [6.45, 7) is 0. The van der Waals surface area contributed by atoms with Gasteiger partial charge in [-0.25, -0.2) is 10.1 Å². The molecule has 1 unspecified atom stereocenters. The fourth-order valence-electron chi connectivity index (χ4n) is 7.37. The maximum absolute atomic E-state index is 14.6. The van der Waals surface area contributed by atoms with Gasteiger partial charge in [-0.1, -0.05) is 41.4 Å². The highest BCUT2D eigenvalue weighted by molar-refractivity contribution is 7.94. The zero-order chi connectivity index (χ0) is 50.6. The molecule has 0 saturated carbocycles. The predicted molar refractivity (Wildman–Crippen MR) is 245 cm³/mol. The lowest BCUT2D eigenvalue weighted by Gasteiger charge is -2.26. The van der Waals surface area contributed by atoms with E-state index in [1.54, 1.807) is 0 Å². The summed E-state index contributed by atoms with van der Waals surface area (Å²) in [7, 11) is -14.4. The molecule has 0 bridgehead atoms. The molecule has 0 amide bonds. The minimum atomic E-state index is -5.47. The number of nitrogens with one attached hydrogen (secondary N) is 4. The Morgan fingerprint density at radius 3 is 2.09 bits per heavy atom. The van der Waals surface area contributed by atoms with Gasteiger partial charge in [-0.2, -0.15) is 39.4 Å². The summed E-state index contributed by atoms with van der Waals surface area (Å²) in [5.41, 5.74) is -4.77. The van der Waals surface area contributed by atoms with E-state index in [9.17, 15) is 66.9 Å². The highest BCUT2D eigenvalue weighted by atomic mass is 32.2. The van der Waals surface area contributed by atoms with Crippen LogP contribution in [-0.4, -0.2) is 84.0 Å². The van der Waals surface area contributed by atoms with E-state index in [1.165, 1.54) is 61.6 Å². The first-order valence-electron chi connectivity index (χ1n) is 18.9. The molecule has 70 heavy (non-hydrogen) atoms. The second kappa shape index (κ2) is 18.6. The minimum absolute atomic E-state index is 0.0120. The average Bonchev–Trinajstić information content (AvgIpc) is 3.27. The first kappa shape index (κ1) is 49.2. The molecule has 0 aliphatic heterocycles. The molecule has 5 aromatic carbocycles. The number of aromatic amines is 1. The molecule has 2 aromatic heterocycles. The summed E-state index contributed by atoms with van der Waals surface area (Å²) in [5.74, 6) is -3.18. The number of carbonyl (C=O) groups excluding carboxylic acids is 2. The smallest absolute Gasteiger partial charge is 0.357 e. The maximum Gasteiger partial charge on any atom is 0.357 e. The van der Waals surface area contributed by atoms with Crippen molar-refractivity contribution in [1.82, 2.24) is 19.5 Å². The van der Waals surface area contributed by atoms with E-state index < -0.39 is 108 Å². The van der Waals surface area contributed by atoms with Gasteiger partial charge >= 0.3 is 17.1 Å². The molecule has 0 saturated heterocycles. The Morgan fingerprint density at radius 1 is 0.743 bits per heavy atom. The van der Waals surface area contributed by atoms with Crippen molar-refractivity contribution in [2.45, 2.75) is 19.6 Å². The first-order valence-corrected chi connectivity index (χ1v) is 25.0. The molecular formula is C39H27N7O19S5. The van der Waals surface area contributed by atoms with E-state index in [0.29, 0.717) is 18.1 Å². The van der Waals surface area contributed by atoms with Gasteiger partial charge in [0.05, 0.1) is 61.2 Å². The van der Waals surface area contributed by atoms with Crippen LogP contribution in [0.2, 0.25) is 0 Å². The van der Waals surface area contributed by atoms with Crippen LogP contribution in [0.4, 0.5) is 34.6 Å². The lowest BCUT2D eigenvalue weighted by molar-refractivity contribution is -0.432. The molecule has 0 fully saturated rings. The van der Waals surface area contributed by atoms with Gasteiger partial charge in [0.15, 0.2) is 11.6 Å². The molecule has 1 aliphatic rings. The highest BCUT2D eigenvalue weighted by Crippen LogP contribution is 2.45. The Bertz CT molecular complexity index is 3900. The number of aryl methyl sites for hydroxylation is 1. The van der Waals surface area contributed by atoms with Gasteiger partial charge in [-0.3, -0.25) is 37.6 Å². The number of rotatable bonds is 16. The number of ketones is 2. The molecule has 0 radical (unpaired) electrons. The summed E-state index contributed by atoms with van der Waals surface area (Å²) in [5, 5.41) is 19.8. The largest absolute Gasteiger partial charge is 0.380 e. The van der Waals surface area contributed by atoms with E-state index in [4.69, 9.17) is 9.44 Å². The molecule has 2 heterocycles. The Kier molecular flexibility index (Phi) is 13.0. The zero-order valence-corrected chi connectivity index (χ0v) is 38.6. The number of hydrogen-bond acceptors (Lipinski definition) is 21. The van der Waals surface area contributed by atoms with Crippen molar-refractivity contribution in [2.24, 2.45) is 7.05 Å². The van der Waals surface area contributed by atoms with Crippen LogP contribution >= 0.6 is 12.0 Å². The van der Waals surface area contributed by atoms with Crippen molar-refractivity contribution in [3.05, 3.63) is 134 Å². The first-order chi connectivity index (χ1) is 32.9. The topological polar surface area (TPSA) is 399 Å². The summed E-state index contributed by atoms with van der Waals surface area (Å²) in [6, 6.07) is 17.4. The number of nitrogens with zero attached hydrogens (tertiary/aromatic N) is 3. The average molecular weight is 1060 g/mol. The Hall–Kier alpha value is -7.27. The predicted octanol–water partition coefficient (Wildman–Crippen LogP) is 4.37. The molecular weight excluding hydrogens is 1030 g/mol. The van der Waals surface area contributed by atoms with Gasteiger partial charge in [-0.15, -0.1) is 4.33 Å². The van der Waals surface area contributed by atoms with Crippen molar-refractivity contribution >= 4 is 111 Å². The monoisotopic (exact) mass is 1060 g/mol. The second-order valence-electron chi connectivity index (χ2n) is 14.4. The van der Waals surface area contributed by atoms with E-state index in [-0.39, 0.29) is 60.7 Å².